The maximum atomic E-state index is 11.4. The molecule has 0 spiro atoms. The van der Waals surface area contributed by atoms with Crippen LogP contribution >= 0.6 is 0 Å². The molecule has 0 unspecified atom stereocenters. The number of aromatic nitrogens is 2. The van der Waals surface area contributed by atoms with Crippen molar-refractivity contribution in [1.29, 1.82) is 0 Å². The van der Waals surface area contributed by atoms with Gasteiger partial charge in [-0.25, -0.2) is 9.59 Å². The Morgan fingerprint density at radius 2 is 2.00 bits per heavy atom. The molecule has 1 saturated heterocycles. The number of carbonyl (C=O) groups excluding carboxylic acids is 1. The number of aromatic carboxylic acids is 1. The zero-order valence-electron chi connectivity index (χ0n) is 12.0. The van der Waals surface area contributed by atoms with Crippen LogP contribution < -0.4 is 0 Å². The second-order valence-corrected chi connectivity index (χ2v) is 4.00. The van der Waals surface area contributed by atoms with E-state index in [1.54, 1.807) is 0 Å². The first kappa shape index (κ1) is 16.2. The lowest BCUT2D eigenvalue weighted by Crippen LogP contribution is -2.23. The number of hydrogen-bond donors (Lipinski definition) is 1. The summed E-state index contributed by atoms with van der Waals surface area (Å²) in [6.45, 7) is 5.13. The third kappa shape index (κ3) is 3.57. The predicted octanol–water partition coefficient (Wildman–Crippen LogP) is 1.75. The SMILES string of the molecule is CC.COC(=O)c1cc(C(=O)O)n(C2CCOCC2)n1. The van der Waals surface area contributed by atoms with Crippen LogP contribution in [0.15, 0.2) is 6.07 Å². The predicted molar refractivity (Wildman–Crippen MR) is 71.0 cm³/mol. The molecule has 0 aliphatic carbocycles. The van der Waals surface area contributed by atoms with Crippen LogP contribution in [0.3, 0.4) is 0 Å². The van der Waals surface area contributed by atoms with E-state index in [4.69, 9.17) is 9.84 Å². The first-order chi connectivity index (χ1) is 9.63. The van der Waals surface area contributed by atoms with Gasteiger partial charge in [0.15, 0.2) is 5.69 Å². The molecular weight excluding hydrogens is 264 g/mol. The van der Waals surface area contributed by atoms with E-state index >= 15 is 0 Å². The van der Waals surface area contributed by atoms with Crippen molar-refractivity contribution in [2.45, 2.75) is 32.7 Å². The van der Waals surface area contributed by atoms with Gasteiger partial charge in [-0.2, -0.15) is 5.10 Å². The van der Waals surface area contributed by atoms with Gasteiger partial charge >= 0.3 is 11.9 Å². The molecular formula is C13H20N2O5. The van der Waals surface area contributed by atoms with E-state index in [1.807, 2.05) is 13.8 Å². The number of methoxy groups -OCH3 is 1. The number of carboxylic acid groups (broad SMARTS) is 1. The van der Waals surface area contributed by atoms with E-state index in [-0.39, 0.29) is 17.4 Å². The zero-order valence-corrected chi connectivity index (χ0v) is 12.0. The van der Waals surface area contributed by atoms with Gasteiger partial charge in [0.05, 0.1) is 13.2 Å². The molecule has 1 aliphatic rings. The van der Waals surface area contributed by atoms with E-state index in [1.165, 1.54) is 17.9 Å². The van der Waals surface area contributed by atoms with Crippen LogP contribution in [-0.4, -0.2) is 47.1 Å². The molecule has 0 saturated carbocycles. The summed E-state index contributed by atoms with van der Waals surface area (Å²) in [6, 6.07) is 1.19. The second kappa shape index (κ2) is 7.64. The van der Waals surface area contributed by atoms with Gasteiger partial charge in [-0.1, -0.05) is 13.8 Å². The molecule has 7 heteroatoms. The molecule has 0 aromatic carbocycles. The lowest BCUT2D eigenvalue weighted by Gasteiger charge is -2.23. The summed E-state index contributed by atoms with van der Waals surface area (Å²) in [5.74, 6) is -1.74. The highest BCUT2D eigenvalue weighted by Gasteiger charge is 2.25. The summed E-state index contributed by atoms with van der Waals surface area (Å²) in [5.41, 5.74) is 0.0173. The molecule has 1 aromatic heterocycles. The quantitative estimate of drug-likeness (QED) is 0.850. The molecule has 1 fully saturated rings. The summed E-state index contributed by atoms with van der Waals surface area (Å²) < 4.78 is 11.1. The highest BCUT2D eigenvalue weighted by Crippen LogP contribution is 2.22. The molecule has 2 heterocycles. The van der Waals surface area contributed by atoms with Gasteiger partial charge < -0.3 is 14.6 Å². The number of carbonyl (C=O) groups is 2. The summed E-state index contributed by atoms with van der Waals surface area (Å²) in [7, 11) is 1.23. The first-order valence-electron chi connectivity index (χ1n) is 6.62. The van der Waals surface area contributed by atoms with Crippen molar-refractivity contribution in [3.63, 3.8) is 0 Å². The Kier molecular flexibility index (Phi) is 6.17. The van der Waals surface area contributed by atoms with Gasteiger partial charge in [0.2, 0.25) is 0 Å². The van der Waals surface area contributed by atoms with E-state index in [9.17, 15) is 9.59 Å². The fourth-order valence-electron chi connectivity index (χ4n) is 1.97. The molecule has 0 radical (unpaired) electrons. The van der Waals surface area contributed by atoms with E-state index < -0.39 is 11.9 Å². The molecule has 112 valence electrons. The summed E-state index contributed by atoms with van der Waals surface area (Å²) in [6.07, 6.45) is 1.37. The lowest BCUT2D eigenvalue weighted by atomic mass is 10.1. The molecule has 1 aromatic rings. The fourth-order valence-corrected chi connectivity index (χ4v) is 1.97. The minimum atomic E-state index is -1.11. The van der Waals surface area contributed by atoms with Gasteiger partial charge in [-0.15, -0.1) is 0 Å². The number of ether oxygens (including phenoxy) is 2. The van der Waals surface area contributed by atoms with Crippen LogP contribution in [-0.2, 0) is 9.47 Å². The van der Waals surface area contributed by atoms with Crippen molar-refractivity contribution >= 4 is 11.9 Å². The Morgan fingerprint density at radius 1 is 1.40 bits per heavy atom. The Morgan fingerprint density at radius 3 is 2.50 bits per heavy atom. The van der Waals surface area contributed by atoms with Crippen LogP contribution in [0.5, 0.6) is 0 Å². The van der Waals surface area contributed by atoms with Crippen LogP contribution in [0.1, 0.15) is 53.7 Å². The normalized spacial score (nSPS) is 15.2. The minimum absolute atomic E-state index is 0.00213. The van der Waals surface area contributed by atoms with Gasteiger partial charge in [0.25, 0.3) is 0 Å². The van der Waals surface area contributed by atoms with Crippen LogP contribution in [0.25, 0.3) is 0 Å². The first-order valence-corrected chi connectivity index (χ1v) is 6.62. The Labute approximate surface area is 117 Å². The highest BCUT2D eigenvalue weighted by atomic mass is 16.5. The van der Waals surface area contributed by atoms with Crippen molar-refractivity contribution in [2.24, 2.45) is 0 Å². The number of carboxylic acids is 1. The number of nitrogens with zero attached hydrogens (tertiary/aromatic N) is 2. The molecule has 20 heavy (non-hydrogen) atoms. The third-order valence-corrected chi connectivity index (χ3v) is 2.89. The monoisotopic (exact) mass is 284 g/mol. The van der Waals surface area contributed by atoms with Crippen LogP contribution in [0.4, 0.5) is 0 Å². The van der Waals surface area contributed by atoms with Gasteiger partial charge in [-0.05, 0) is 12.8 Å². The molecule has 0 atom stereocenters. The molecule has 1 N–H and O–H groups in total. The van der Waals surface area contributed by atoms with E-state index in [0.29, 0.717) is 26.1 Å². The average Bonchev–Trinajstić information content (AvgIpc) is 2.95. The summed E-state index contributed by atoms with van der Waals surface area (Å²) >= 11 is 0. The topological polar surface area (TPSA) is 90.7 Å². The van der Waals surface area contributed by atoms with Crippen molar-refractivity contribution in [3.05, 3.63) is 17.5 Å². The standard InChI is InChI=1S/C11H14N2O5.C2H6/c1-17-11(16)8-6-9(10(14)15)13(12-8)7-2-4-18-5-3-7;1-2/h6-7H,2-5H2,1H3,(H,14,15);1-2H3. The van der Waals surface area contributed by atoms with E-state index in [2.05, 4.69) is 9.84 Å². The van der Waals surface area contributed by atoms with Crippen molar-refractivity contribution < 1.29 is 24.2 Å². The summed E-state index contributed by atoms with van der Waals surface area (Å²) in [4.78, 5) is 22.5. The Bertz CT molecular complexity index is 463. The van der Waals surface area contributed by atoms with Crippen molar-refractivity contribution in [2.75, 3.05) is 20.3 Å². The minimum Gasteiger partial charge on any atom is -0.477 e. The Hall–Kier alpha value is -1.89. The van der Waals surface area contributed by atoms with Gasteiger partial charge in [-0.3, -0.25) is 4.68 Å². The van der Waals surface area contributed by atoms with E-state index in [0.717, 1.165) is 0 Å². The zero-order chi connectivity index (χ0) is 15.1. The molecule has 2 rings (SSSR count). The number of rotatable bonds is 3. The third-order valence-electron chi connectivity index (χ3n) is 2.89. The maximum Gasteiger partial charge on any atom is 0.358 e. The Balaban J connectivity index is 0.000000956. The van der Waals surface area contributed by atoms with Crippen LogP contribution in [0.2, 0.25) is 0 Å². The van der Waals surface area contributed by atoms with Gasteiger partial charge in [0.1, 0.15) is 5.69 Å². The largest absolute Gasteiger partial charge is 0.477 e. The number of esters is 1. The molecule has 0 bridgehead atoms. The van der Waals surface area contributed by atoms with Gasteiger partial charge in [0, 0.05) is 19.3 Å². The van der Waals surface area contributed by atoms with Crippen molar-refractivity contribution in [3.8, 4) is 0 Å². The smallest absolute Gasteiger partial charge is 0.358 e. The number of hydrogen-bond acceptors (Lipinski definition) is 5. The summed E-state index contributed by atoms with van der Waals surface area (Å²) in [5, 5.41) is 13.2. The highest BCUT2D eigenvalue weighted by molar-refractivity contribution is 5.92. The lowest BCUT2D eigenvalue weighted by molar-refractivity contribution is 0.0560. The fraction of sp³-hybridized carbons (Fsp3) is 0.615. The van der Waals surface area contributed by atoms with Crippen LogP contribution in [0, 0.1) is 0 Å². The maximum absolute atomic E-state index is 11.4. The average molecular weight is 284 g/mol. The van der Waals surface area contributed by atoms with Crippen molar-refractivity contribution in [1.82, 2.24) is 9.78 Å². The molecule has 0 amide bonds. The second-order valence-electron chi connectivity index (χ2n) is 4.00. The molecule has 1 aliphatic heterocycles. The molecule has 7 nitrogen and oxygen atoms in total.